The molecule has 0 aliphatic rings. The highest BCUT2D eigenvalue weighted by atomic mass is 31.2. The smallest absolute Gasteiger partial charge is 0.387 e. The van der Waals surface area contributed by atoms with Crippen LogP contribution in [-0.4, -0.2) is 73.4 Å². The summed E-state index contributed by atoms with van der Waals surface area (Å²) in [5.74, 6) is -0.176. The first-order valence-corrected chi connectivity index (χ1v) is 31.2. The second kappa shape index (κ2) is 50.9. The minimum atomic E-state index is -4.33. The summed E-state index contributed by atoms with van der Waals surface area (Å²) in [6.45, 7) is 4.78. The van der Waals surface area contributed by atoms with E-state index in [1.54, 1.807) is 6.08 Å². The molecule has 9 heteroatoms. The molecule has 68 heavy (non-hydrogen) atoms. The van der Waals surface area contributed by atoms with Crippen molar-refractivity contribution in [3.05, 3.63) is 24.3 Å². The number of phosphoric acid groups is 1. The Kier molecular flexibility index (Phi) is 50.1. The predicted octanol–water partition coefficient (Wildman–Crippen LogP) is 18.0. The summed E-state index contributed by atoms with van der Waals surface area (Å²) in [5, 5.41) is 13.7. The lowest BCUT2D eigenvalue weighted by molar-refractivity contribution is -0.870. The molecule has 0 aliphatic heterocycles. The topological polar surface area (TPSA) is 105 Å². The van der Waals surface area contributed by atoms with Crippen LogP contribution in [0.5, 0.6) is 0 Å². The van der Waals surface area contributed by atoms with Crippen LogP contribution in [-0.2, 0) is 18.4 Å². The van der Waals surface area contributed by atoms with Crippen LogP contribution in [0, 0.1) is 0 Å². The molecule has 0 rings (SSSR count). The van der Waals surface area contributed by atoms with Gasteiger partial charge in [-0.2, -0.15) is 0 Å². The van der Waals surface area contributed by atoms with Gasteiger partial charge in [0.2, 0.25) is 5.91 Å². The molecule has 0 aromatic carbocycles. The van der Waals surface area contributed by atoms with Gasteiger partial charge in [-0.3, -0.25) is 13.8 Å². The lowest BCUT2D eigenvalue weighted by Crippen LogP contribution is -2.45. The molecule has 3 N–H and O–H groups in total. The molecule has 3 atom stereocenters. The number of rotatable bonds is 55. The first kappa shape index (κ1) is 67.0. The van der Waals surface area contributed by atoms with Gasteiger partial charge in [0.15, 0.2) is 0 Å². The van der Waals surface area contributed by atoms with Crippen LogP contribution in [0.4, 0.5) is 0 Å². The third kappa shape index (κ3) is 52.8. The molecule has 0 saturated heterocycles. The zero-order valence-corrected chi connectivity index (χ0v) is 47.0. The summed E-state index contributed by atoms with van der Waals surface area (Å²) in [6.07, 6.45) is 64.9. The van der Waals surface area contributed by atoms with Crippen molar-refractivity contribution >= 4 is 13.7 Å². The van der Waals surface area contributed by atoms with Crippen LogP contribution in [0.25, 0.3) is 0 Å². The van der Waals surface area contributed by atoms with Crippen molar-refractivity contribution in [2.45, 2.75) is 309 Å². The second-order valence-electron chi connectivity index (χ2n) is 21.7. The molecule has 0 aromatic rings. The Morgan fingerprint density at radius 2 is 0.794 bits per heavy atom. The summed E-state index contributed by atoms with van der Waals surface area (Å²) in [6, 6.07) is -0.840. The Morgan fingerprint density at radius 3 is 1.13 bits per heavy atom. The van der Waals surface area contributed by atoms with Gasteiger partial charge >= 0.3 is 7.82 Å². The van der Waals surface area contributed by atoms with Crippen molar-refractivity contribution in [3.8, 4) is 0 Å². The number of amides is 1. The minimum Gasteiger partial charge on any atom is -0.387 e. The van der Waals surface area contributed by atoms with E-state index < -0.39 is 20.0 Å². The van der Waals surface area contributed by atoms with Crippen LogP contribution in [0.3, 0.4) is 0 Å². The number of aliphatic hydroxyl groups is 1. The SMILES string of the molecule is CCCCCCC/C=C/C(O)C(COP(=O)(O)OCC[N+](C)(C)C)NC(=O)CCCCCCCCCCCCCCCCCCCCCCCCCCCCC/C=C\CCCCCCCCCC. The predicted molar refractivity (Wildman–Crippen MR) is 295 cm³/mol. The third-order valence-corrected chi connectivity index (χ3v) is 14.6. The van der Waals surface area contributed by atoms with Gasteiger partial charge in [0, 0.05) is 6.42 Å². The number of aliphatic hydroxyl groups excluding tert-OH is 1. The number of carbonyl (C=O) groups is 1. The van der Waals surface area contributed by atoms with Gasteiger partial charge in [0.05, 0.1) is 39.9 Å². The molecule has 3 unspecified atom stereocenters. The van der Waals surface area contributed by atoms with Gasteiger partial charge in [-0.25, -0.2) is 4.57 Å². The lowest BCUT2D eigenvalue weighted by atomic mass is 10.0. The highest BCUT2D eigenvalue weighted by molar-refractivity contribution is 7.47. The Labute approximate surface area is 424 Å². The summed E-state index contributed by atoms with van der Waals surface area (Å²) in [7, 11) is 1.58. The van der Waals surface area contributed by atoms with Gasteiger partial charge in [-0.05, 0) is 44.9 Å². The minimum absolute atomic E-state index is 0.0634. The van der Waals surface area contributed by atoms with Crippen molar-refractivity contribution in [2.75, 3.05) is 40.9 Å². The van der Waals surface area contributed by atoms with Crippen LogP contribution >= 0.6 is 7.82 Å². The zero-order chi connectivity index (χ0) is 49.9. The fourth-order valence-electron chi connectivity index (χ4n) is 8.98. The van der Waals surface area contributed by atoms with Gasteiger partial charge in [0.25, 0.3) is 0 Å². The number of likely N-dealkylation sites (N-methyl/N-ethyl adjacent to an activating group) is 1. The molecule has 0 heterocycles. The number of nitrogens with one attached hydrogen (secondary N) is 1. The van der Waals surface area contributed by atoms with Crippen LogP contribution in [0.2, 0.25) is 0 Å². The fourth-order valence-corrected chi connectivity index (χ4v) is 9.72. The number of carbonyl (C=O) groups excluding carboxylic acids is 1. The Balaban J connectivity index is 3.71. The van der Waals surface area contributed by atoms with E-state index in [-0.39, 0.29) is 19.1 Å². The highest BCUT2D eigenvalue weighted by Gasteiger charge is 2.27. The number of allylic oxidation sites excluding steroid dienone is 3. The van der Waals surface area contributed by atoms with Gasteiger partial charge in [-0.1, -0.05) is 269 Å². The first-order valence-electron chi connectivity index (χ1n) is 29.7. The molecular formula is C59H118N2O6P+. The molecule has 0 aliphatic carbocycles. The van der Waals surface area contributed by atoms with Gasteiger partial charge in [-0.15, -0.1) is 0 Å². The Bertz CT molecular complexity index is 1160. The second-order valence-corrected chi connectivity index (χ2v) is 23.2. The van der Waals surface area contributed by atoms with E-state index in [1.165, 1.54) is 238 Å². The highest BCUT2D eigenvalue weighted by Crippen LogP contribution is 2.43. The maximum Gasteiger partial charge on any atom is 0.472 e. The van der Waals surface area contributed by atoms with E-state index in [2.05, 4.69) is 31.3 Å². The molecule has 8 nitrogen and oxygen atoms in total. The maximum atomic E-state index is 12.9. The van der Waals surface area contributed by atoms with Crippen molar-refractivity contribution in [2.24, 2.45) is 0 Å². The van der Waals surface area contributed by atoms with Crippen LogP contribution < -0.4 is 5.32 Å². The summed E-state index contributed by atoms with van der Waals surface area (Å²) in [5.41, 5.74) is 0. The van der Waals surface area contributed by atoms with E-state index in [9.17, 15) is 19.4 Å². The number of phosphoric ester groups is 1. The average molecular weight is 983 g/mol. The quantitative estimate of drug-likeness (QED) is 0.0243. The Hall–Kier alpha value is -1.02. The van der Waals surface area contributed by atoms with E-state index in [4.69, 9.17) is 9.05 Å². The average Bonchev–Trinajstić information content (AvgIpc) is 3.30. The first-order chi connectivity index (χ1) is 33.0. The normalized spacial score (nSPS) is 14.0. The molecular weight excluding hydrogens is 864 g/mol. The monoisotopic (exact) mass is 982 g/mol. The largest absolute Gasteiger partial charge is 0.472 e. The van der Waals surface area contributed by atoms with Crippen molar-refractivity contribution in [3.63, 3.8) is 0 Å². The molecule has 404 valence electrons. The zero-order valence-electron chi connectivity index (χ0n) is 46.1. The van der Waals surface area contributed by atoms with Crippen molar-refractivity contribution in [1.82, 2.24) is 5.32 Å². The molecule has 0 saturated carbocycles. The van der Waals surface area contributed by atoms with E-state index in [1.807, 2.05) is 27.2 Å². The van der Waals surface area contributed by atoms with Crippen molar-refractivity contribution < 1.29 is 32.9 Å². The summed E-state index contributed by atoms with van der Waals surface area (Å²) in [4.78, 5) is 23.1. The Morgan fingerprint density at radius 1 is 0.485 bits per heavy atom. The van der Waals surface area contributed by atoms with Crippen molar-refractivity contribution in [1.29, 1.82) is 0 Å². The number of hydrogen-bond donors (Lipinski definition) is 3. The third-order valence-electron chi connectivity index (χ3n) is 13.7. The molecule has 0 aromatic heterocycles. The molecule has 0 bridgehead atoms. The van der Waals surface area contributed by atoms with E-state index in [0.717, 1.165) is 38.5 Å². The standard InChI is InChI=1S/C59H117N2O6P/c1-6-8-10-12-14-15-16-17-18-19-20-21-22-23-24-25-26-27-28-29-30-31-32-33-34-35-36-37-38-39-40-41-42-43-44-45-47-49-51-53-59(63)60-57(58(62)52-50-48-46-13-11-9-7-2)56-67-68(64,65)66-55-54-61(3,4)5/h19-20,50,52,57-58,62H,6-18,21-49,51,53-56H2,1-5H3,(H-,60,63,64,65)/p+1/b20-19-,52-50+. The van der Waals surface area contributed by atoms with E-state index in [0.29, 0.717) is 17.4 Å². The van der Waals surface area contributed by atoms with Crippen LogP contribution in [0.1, 0.15) is 296 Å². The molecule has 0 spiro atoms. The number of unbranched alkanes of at least 4 members (excludes halogenated alkanes) is 40. The van der Waals surface area contributed by atoms with E-state index >= 15 is 0 Å². The van der Waals surface area contributed by atoms with Gasteiger partial charge < -0.3 is 19.8 Å². The van der Waals surface area contributed by atoms with Crippen LogP contribution in [0.15, 0.2) is 24.3 Å². The summed E-state index contributed by atoms with van der Waals surface area (Å²) < 4.78 is 23.5. The number of hydrogen-bond acceptors (Lipinski definition) is 5. The number of quaternary nitrogens is 1. The fraction of sp³-hybridized carbons (Fsp3) is 0.915. The summed E-state index contributed by atoms with van der Waals surface area (Å²) >= 11 is 0. The molecule has 1 amide bonds. The number of nitrogens with zero attached hydrogens (tertiary/aromatic N) is 1. The van der Waals surface area contributed by atoms with Gasteiger partial charge in [0.1, 0.15) is 13.2 Å². The maximum absolute atomic E-state index is 12.9. The lowest BCUT2D eigenvalue weighted by Gasteiger charge is -2.25. The molecule has 0 radical (unpaired) electrons. The molecule has 0 fully saturated rings.